The van der Waals surface area contributed by atoms with E-state index in [1.807, 2.05) is 6.07 Å². The second-order valence-corrected chi connectivity index (χ2v) is 6.99. The second-order valence-electron chi connectivity index (χ2n) is 6.99. The first-order valence-electron chi connectivity index (χ1n) is 8.99. The van der Waals surface area contributed by atoms with Gasteiger partial charge in [-0.2, -0.15) is 0 Å². The molecule has 0 saturated carbocycles. The minimum atomic E-state index is -0.314. The lowest BCUT2D eigenvalue weighted by Crippen LogP contribution is -2.51. The van der Waals surface area contributed by atoms with Crippen LogP contribution in [0.25, 0.3) is 0 Å². The van der Waals surface area contributed by atoms with Crippen molar-refractivity contribution in [1.29, 1.82) is 0 Å². The number of benzene rings is 1. The third-order valence-electron chi connectivity index (χ3n) is 5.19. The quantitative estimate of drug-likeness (QED) is 0.726. The molecule has 1 unspecified atom stereocenters. The van der Waals surface area contributed by atoms with Crippen molar-refractivity contribution in [2.45, 2.75) is 51.6 Å². The first-order chi connectivity index (χ1) is 11.5. The van der Waals surface area contributed by atoms with Gasteiger partial charge in [0.1, 0.15) is 5.82 Å². The second kappa shape index (κ2) is 11.8. The van der Waals surface area contributed by atoms with Crippen molar-refractivity contribution < 1.29 is 9.18 Å². The Labute approximate surface area is 168 Å². The van der Waals surface area contributed by atoms with E-state index in [1.165, 1.54) is 6.07 Å². The smallest absolute Gasteiger partial charge is 0.224 e. The van der Waals surface area contributed by atoms with Crippen molar-refractivity contribution in [2.75, 3.05) is 19.6 Å². The molecule has 1 atom stereocenters. The average molecular weight is 408 g/mol. The lowest BCUT2D eigenvalue weighted by molar-refractivity contribution is -0.127. The molecule has 2 rings (SSSR count). The highest BCUT2D eigenvalue weighted by molar-refractivity contribution is 5.85. The third-order valence-corrected chi connectivity index (χ3v) is 5.19. The first-order valence-corrected chi connectivity index (χ1v) is 8.99. The number of piperidine rings is 1. The lowest BCUT2D eigenvalue weighted by atomic mass is 9.93. The van der Waals surface area contributed by atoms with Crippen LogP contribution >= 0.6 is 24.8 Å². The molecule has 150 valence electrons. The molecule has 0 spiro atoms. The number of nitrogens with two attached hydrogens (primary N) is 1. The summed E-state index contributed by atoms with van der Waals surface area (Å²) in [6, 6.07) is 6.68. The van der Waals surface area contributed by atoms with E-state index in [9.17, 15) is 9.18 Å². The molecule has 0 radical (unpaired) electrons. The number of likely N-dealkylation sites (tertiary alicyclic amines) is 1. The SMILES string of the molecule is CCC(N)(CC)CNC(=O)C1CCCN(Cc2cccc(F)c2)C1.Cl.Cl. The Hall–Kier alpha value is -0.880. The topological polar surface area (TPSA) is 58.4 Å². The molecule has 1 heterocycles. The number of hydrogen-bond donors (Lipinski definition) is 2. The van der Waals surface area contributed by atoms with Gasteiger partial charge in [0.2, 0.25) is 5.91 Å². The Bertz CT molecular complexity index is 555. The molecular weight excluding hydrogens is 376 g/mol. The average Bonchev–Trinajstić information content (AvgIpc) is 2.59. The third kappa shape index (κ3) is 7.39. The first kappa shape index (κ1) is 25.1. The van der Waals surface area contributed by atoms with Crippen LogP contribution in [0.4, 0.5) is 4.39 Å². The molecule has 26 heavy (non-hydrogen) atoms. The van der Waals surface area contributed by atoms with E-state index in [4.69, 9.17) is 5.73 Å². The Kier molecular flexibility index (Phi) is 11.4. The molecule has 3 N–H and O–H groups in total. The largest absolute Gasteiger partial charge is 0.354 e. The van der Waals surface area contributed by atoms with Crippen LogP contribution < -0.4 is 11.1 Å². The molecule has 1 fully saturated rings. The number of carbonyl (C=O) groups is 1. The van der Waals surface area contributed by atoms with Gasteiger partial charge in [-0.3, -0.25) is 9.69 Å². The maximum Gasteiger partial charge on any atom is 0.224 e. The Morgan fingerprint density at radius 3 is 2.65 bits per heavy atom. The summed E-state index contributed by atoms with van der Waals surface area (Å²) in [7, 11) is 0. The van der Waals surface area contributed by atoms with E-state index in [0.29, 0.717) is 13.1 Å². The number of nitrogens with one attached hydrogen (secondary N) is 1. The fourth-order valence-electron chi connectivity index (χ4n) is 3.21. The van der Waals surface area contributed by atoms with Gasteiger partial charge in [-0.25, -0.2) is 4.39 Å². The van der Waals surface area contributed by atoms with E-state index in [0.717, 1.165) is 44.3 Å². The highest BCUT2D eigenvalue weighted by Gasteiger charge is 2.28. The molecule has 1 saturated heterocycles. The predicted octanol–water partition coefficient (Wildman–Crippen LogP) is 3.52. The van der Waals surface area contributed by atoms with Crippen molar-refractivity contribution in [3.05, 3.63) is 35.6 Å². The number of halogens is 3. The molecule has 0 aliphatic carbocycles. The number of carbonyl (C=O) groups excluding carboxylic acids is 1. The van der Waals surface area contributed by atoms with Gasteiger partial charge in [0.15, 0.2) is 0 Å². The molecule has 1 aromatic rings. The van der Waals surface area contributed by atoms with E-state index in [2.05, 4.69) is 24.1 Å². The van der Waals surface area contributed by atoms with Crippen LogP contribution in [-0.2, 0) is 11.3 Å². The standard InChI is InChI=1S/C19H30FN3O.2ClH/c1-3-19(21,4-2)14-22-18(24)16-8-6-10-23(13-16)12-15-7-5-9-17(20)11-15;;/h5,7,9,11,16H,3-4,6,8,10,12-14,21H2,1-2H3,(H,22,24);2*1H. The van der Waals surface area contributed by atoms with Gasteiger partial charge in [-0.15, -0.1) is 24.8 Å². The summed E-state index contributed by atoms with van der Waals surface area (Å²) < 4.78 is 13.3. The van der Waals surface area contributed by atoms with Crippen LogP contribution in [0.5, 0.6) is 0 Å². The van der Waals surface area contributed by atoms with Crippen LogP contribution in [0, 0.1) is 11.7 Å². The number of nitrogens with zero attached hydrogens (tertiary/aromatic N) is 1. The molecule has 0 aromatic heterocycles. The molecular formula is C19H32Cl2FN3O. The lowest BCUT2D eigenvalue weighted by Gasteiger charge is -2.33. The summed E-state index contributed by atoms with van der Waals surface area (Å²) in [5, 5.41) is 3.04. The summed E-state index contributed by atoms with van der Waals surface area (Å²) in [6.45, 7) is 6.99. The van der Waals surface area contributed by atoms with Crippen LogP contribution in [0.15, 0.2) is 24.3 Å². The molecule has 1 amide bonds. The number of hydrogen-bond acceptors (Lipinski definition) is 3. The monoisotopic (exact) mass is 407 g/mol. The summed E-state index contributed by atoms with van der Waals surface area (Å²) in [5.74, 6) is -0.127. The Morgan fingerprint density at radius 1 is 1.35 bits per heavy atom. The highest BCUT2D eigenvalue weighted by Crippen LogP contribution is 2.19. The summed E-state index contributed by atoms with van der Waals surface area (Å²) in [4.78, 5) is 14.7. The van der Waals surface area contributed by atoms with Crippen molar-refractivity contribution in [1.82, 2.24) is 10.2 Å². The fourth-order valence-corrected chi connectivity index (χ4v) is 3.21. The van der Waals surface area contributed by atoms with Crippen molar-refractivity contribution in [3.63, 3.8) is 0 Å². The maximum atomic E-state index is 13.3. The Morgan fingerprint density at radius 2 is 2.04 bits per heavy atom. The summed E-state index contributed by atoms with van der Waals surface area (Å²) >= 11 is 0. The highest BCUT2D eigenvalue weighted by atomic mass is 35.5. The van der Waals surface area contributed by atoms with Crippen LogP contribution in [0.1, 0.15) is 45.1 Å². The summed E-state index contributed by atoms with van der Waals surface area (Å²) in [5.41, 5.74) is 6.90. The van der Waals surface area contributed by atoms with Crippen LogP contribution in [0.3, 0.4) is 0 Å². The van der Waals surface area contributed by atoms with Crippen molar-refractivity contribution in [3.8, 4) is 0 Å². The zero-order chi connectivity index (χ0) is 17.6. The fraction of sp³-hybridized carbons (Fsp3) is 0.632. The molecule has 1 aliphatic rings. The summed E-state index contributed by atoms with van der Waals surface area (Å²) in [6.07, 6.45) is 3.59. The normalized spacial score (nSPS) is 17.8. The number of rotatable bonds is 7. The molecule has 4 nitrogen and oxygen atoms in total. The molecule has 1 aromatic carbocycles. The van der Waals surface area contributed by atoms with Crippen LogP contribution in [0.2, 0.25) is 0 Å². The minimum absolute atomic E-state index is 0. The Balaban J connectivity index is 0.00000312. The molecule has 7 heteroatoms. The minimum Gasteiger partial charge on any atom is -0.354 e. The van der Waals surface area contributed by atoms with Crippen LogP contribution in [-0.4, -0.2) is 36.0 Å². The van der Waals surface area contributed by atoms with Crippen molar-refractivity contribution >= 4 is 30.7 Å². The van der Waals surface area contributed by atoms with E-state index >= 15 is 0 Å². The van der Waals surface area contributed by atoms with Gasteiger partial charge in [0.25, 0.3) is 0 Å². The molecule has 0 bridgehead atoms. The van der Waals surface area contributed by atoms with Gasteiger partial charge < -0.3 is 11.1 Å². The zero-order valence-electron chi connectivity index (χ0n) is 15.7. The van der Waals surface area contributed by atoms with E-state index < -0.39 is 0 Å². The van der Waals surface area contributed by atoms with Gasteiger partial charge in [0, 0.05) is 25.2 Å². The number of amides is 1. The maximum absolute atomic E-state index is 13.3. The molecule has 1 aliphatic heterocycles. The van der Waals surface area contributed by atoms with Gasteiger partial charge >= 0.3 is 0 Å². The van der Waals surface area contributed by atoms with Gasteiger partial charge in [-0.1, -0.05) is 26.0 Å². The predicted molar refractivity (Wildman–Crippen MR) is 109 cm³/mol. The van der Waals surface area contributed by atoms with E-state index in [1.54, 1.807) is 12.1 Å². The van der Waals surface area contributed by atoms with E-state index in [-0.39, 0.29) is 48.0 Å². The van der Waals surface area contributed by atoms with Gasteiger partial charge in [0.05, 0.1) is 5.92 Å². The zero-order valence-corrected chi connectivity index (χ0v) is 17.3. The van der Waals surface area contributed by atoms with Gasteiger partial charge in [-0.05, 0) is 49.9 Å². The van der Waals surface area contributed by atoms with Crippen molar-refractivity contribution in [2.24, 2.45) is 11.7 Å².